The molecule has 0 aliphatic carbocycles. The van der Waals surface area contributed by atoms with Crippen LogP contribution in [0.15, 0.2) is 29.3 Å². The Bertz CT molecular complexity index is 714. The zero-order valence-corrected chi connectivity index (χ0v) is 21.8. The summed E-state index contributed by atoms with van der Waals surface area (Å²) in [4.78, 5) is 23.0. The van der Waals surface area contributed by atoms with E-state index in [2.05, 4.69) is 37.1 Å². The lowest BCUT2D eigenvalue weighted by Gasteiger charge is -2.37. The number of nitrogens with one attached hydrogen (secondary N) is 1. The largest absolute Gasteiger partial charge is 0.497 e. The van der Waals surface area contributed by atoms with Gasteiger partial charge >= 0.3 is 0 Å². The predicted molar refractivity (Wildman–Crippen MR) is 141 cm³/mol. The average molecular weight is 559 g/mol. The Balaban J connectivity index is 0.00000363. The minimum Gasteiger partial charge on any atom is -0.497 e. The third kappa shape index (κ3) is 7.68. The molecule has 2 aliphatic heterocycles. The molecule has 2 saturated heterocycles. The zero-order valence-electron chi connectivity index (χ0n) is 19.5. The Labute approximate surface area is 209 Å². The van der Waals surface area contributed by atoms with Gasteiger partial charge in [-0.3, -0.25) is 9.79 Å². The third-order valence-electron chi connectivity index (χ3n) is 6.40. The van der Waals surface area contributed by atoms with Crippen LogP contribution in [0.4, 0.5) is 5.69 Å². The summed E-state index contributed by atoms with van der Waals surface area (Å²) in [5.41, 5.74) is 6.65. The van der Waals surface area contributed by atoms with Crippen LogP contribution >= 0.6 is 24.0 Å². The van der Waals surface area contributed by atoms with Crippen LogP contribution in [0.2, 0.25) is 0 Å². The maximum Gasteiger partial charge on any atom is 0.220 e. The molecule has 2 fully saturated rings. The van der Waals surface area contributed by atoms with Gasteiger partial charge in [0.2, 0.25) is 5.91 Å². The molecular formula is C23H39IN6O2. The van der Waals surface area contributed by atoms with Crippen molar-refractivity contribution in [3.8, 4) is 5.75 Å². The number of aliphatic imine (C=N–C) groups is 1. The summed E-state index contributed by atoms with van der Waals surface area (Å²) < 4.78 is 5.25. The Kier molecular flexibility index (Phi) is 11.4. The second-order valence-electron chi connectivity index (χ2n) is 8.37. The number of benzene rings is 1. The number of likely N-dealkylation sites (tertiary alicyclic amines) is 1. The number of hydrogen-bond donors (Lipinski definition) is 2. The summed E-state index contributed by atoms with van der Waals surface area (Å²) >= 11 is 0. The quantitative estimate of drug-likeness (QED) is 0.220. The Morgan fingerprint density at radius 3 is 2.31 bits per heavy atom. The minimum atomic E-state index is -0.139. The molecule has 0 unspecified atom stereocenters. The molecule has 0 spiro atoms. The second kappa shape index (κ2) is 13.7. The van der Waals surface area contributed by atoms with Crippen LogP contribution in [0.25, 0.3) is 0 Å². The first-order valence-electron chi connectivity index (χ1n) is 11.5. The summed E-state index contributed by atoms with van der Waals surface area (Å²) in [6.07, 6.45) is 4.07. The first-order chi connectivity index (χ1) is 15.1. The summed E-state index contributed by atoms with van der Waals surface area (Å²) in [6, 6.07) is 8.28. The van der Waals surface area contributed by atoms with Crippen molar-refractivity contribution in [2.75, 3.05) is 71.4 Å². The van der Waals surface area contributed by atoms with Gasteiger partial charge in [-0.15, -0.1) is 24.0 Å². The summed E-state index contributed by atoms with van der Waals surface area (Å²) in [5, 5.41) is 3.53. The third-order valence-corrected chi connectivity index (χ3v) is 6.40. The molecule has 0 aromatic heterocycles. The number of amides is 1. The number of nitrogens with two attached hydrogens (primary N) is 1. The van der Waals surface area contributed by atoms with E-state index in [-0.39, 0.29) is 35.8 Å². The van der Waals surface area contributed by atoms with Crippen molar-refractivity contribution in [1.82, 2.24) is 15.1 Å². The standard InChI is InChI=1S/C23H38N6O2.HI/c1-25-23(26-11-3-4-12-27-13-9-19(10-14-27)22(24)30)29-17-15-28(16-18-29)20-5-7-21(31-2)8-6-20;/h5-8,19H,3-4,9-18H2,1-2H3,(H2,24,30)(H,25,26);1H. The van der Waals surface area contributed by atoms with E-state index >= 15 is 0 Å². The van der Waals surface area contributed by atoms with Crippen molar-refractivity contribution in [3.05, 3.63) is 24.3 Å². The lowest BCUT2D eigenvalue weighted by Crippen LogP contribution is -2.52. The van der Waals surface area contributed by atoms with E-state index in [4.69, 9.17) is 10.5 Å². The van der Waals surface area contributed by atoms with Crippen LogP contribution in [-0.4, -0.2) is 88.2 Å². The highest BCUT2D eigenvalue weighted by atomic mass is 127. The van der Waals surface area contributed by atoms with Crippen molar-refractivity contribution in [1.29, 1.82) is 0 Å². The molecular weight excluding hydrogens is 519 g/mol. The molecule has 1 aromatic rings. The van der Waals surface area contributed by atoms with Gasteiger partial charge in [-0.2, -0.15) is 0 Å². The lowest BCUT2D eigenvalue weighted by molar-refractivity contribution is -0.123. The number of primary amides is 1. The average Bonchev–Trinajstić information content (AvgIpc) is 2.82. The topological polar surface area (TPSA) is 86.4 Å². The van der Waals surface area contributed by atoms with Gasteiger partial charge in [0.1, 0.15) is 5.75 Å². The van der Waals surface area contributed by atoms with Gasteiger partial charge in [0.05, 0.1) is 7.11 Å². The van der Waals surface area contributed by atoms with E-state index < -0.39 is 0 Å². The fourth-order valence-corrected chi connectivity index (χ4v) is 4.40. The number of carbonyl (C=O) groups is 1. The van der Waals surface area contributed by atoms with Gasteiger partial charge in [-0.1, -0.05) is 0 Å². The lowest BCUT2D eigenvalue weighted by atomic mass is 9.96. The number of halogens is 1. The number of piperidine rings is 1. The highest BCUT2D eigenvalue weighted by molar-refractivity contribution is 14.0. The Morgan fingerprint density at radius 2 is 1.75 bits per heavy atom. The molecule has 1 amide bonds. The number of unbranched alkanes of at least 4 members (excludes halogenated alkanes) is 1. The van der Waals surface area contributed by atoms with E-state index in [1.807, 2.05) is 19.2 Å². The first kappa shape index (κ1) is 26.5. The van der Waals surface area contributed by atoms with E-state index in [0.29, 0.717) is 0 Å². The molecule has 3 rings (SSSR count). The molecule has 2 aliphatic rings. The Hall–Kier alpha value is -1.75. The van der Waals surface area contributed by atoms with Crippen LogP contribution < -0.4 is 20.7 Å². The molecule has 8 nitrogen and oxygen atoms in total. The van der Waals surface area contributed by atoms with Gasteiger partial charge in [-0.05, 0) is 69.6 Å². The van der Waals surface area contributed by atoms with Crippen molar-refractivity contribution >= 4 is 41.5 Å². The van der Waals surface area contributed by atoms with Gasteiger partial charge < -0.3 is 30.5 Å². The number of piperazine rings is 1. The smallest absolute Gasteiger partial charge is 0.220 e. The molecule has 0 radical (unpaired) electrons. The predicted octanol–water partition coefficient (Wildman–Crippen LogP) is 1.99. The van der Waals surface area contributed by atoms with Crippen molar-refractivity contribution in [2.24, 2.45) is 16.6 Å². The minimum absolute atomic E-state index is 0. The molecule has 0 saturated carbocycles. The maximum absolute atomic E-state index is 11.3. The van der Waals surface area contributed by atoms with Crippen molar-refractivity contribution < 1.29 is 9.53 Å². The molecule has 9 heteroatoms. The normalized spacial score (nSPS) is 18.2. The van der Waals surface area contributed by atoms with E-state index in [9.17, 15) is 4.79 Å². The summed E-state index contributed by atoms with van der Waals surface area (Å²) in [6.45, 7) is 7.88. The van der Waals surface area contributed by atoms with Gasteiger partial charge in [0, 0.05) is 51.4 Å². The number of carbonyl (C=O) groups excluding carboxylic acids is 1. The summed E-state index contributed by atoms with van der Waals surface area (Å²) in [7, 11) is 3.56. The van der Waals surface area contributed by atoms with E-state index in [1.165, 1.54) is 5.69 Å². The number of ether oxygens (including phenoxy) is 1. The highest BCUT2D eigenvalue weighted by Gasteiger charge is 2.23. The van der Waals surface area contributed by atoms with Crippen LogP contribution in [0.1, 0.15) is 25.7 Å². The number of anilines is 1. The van der Waals surface area contributed by atoms with Gasteiger partial charge in [-0.25, -0.2) is 0 Å². The molecule has 2 heterocycles. The fourth-order valence-electron chi connectivity index (χ4n) is 4.40. The highest BCUT2D eigenvalue weighted by Crippen LogP contribution is 2.20. The second-order valence-corrected chi connectivity index (χ2v) is 8.37. The van der Waals surface area contributed by atoms with Crippen LogP contribution in [0.3, 0.4) is 0 Å². The number of nitrogens with zero attached hydrogens (tertiary/aromatic N) is 4. The number of hydrogen-bond acceptors (Lipinski definition) is 5. The molecule has 3 N–H and O–H groups in total. The van der Waals surface area contributed by atoms with E-state index in [0.717, 1.165) is 89.8 Å². The zero-order chi connectivity index (χ0) is 22.1. The summed E-state index contributed by atoms with van der Waals surface area (Å²) in [5.74, 6) is 1.82. The molecule has 0 bridgehead atoms. The van der Waals surface area contributed by atoms with Crippen LogP contribution in [0, 0.1) is 5.92 Å². The number of guanidine groups is 1. The van der Waals surface area contributed by atoms with Gasteiger partial charge in [0.25, 0.3) is 0 Å². The fraction of sp³-hybridized carbons (Fsp3) is 0.652. The Morgan fingerprint density at radius 1 is 1.09 bits per heavy atom. The molecule has 180 valence electrons. The molecule has 1 aromatic carbocycles. The monoisotopic (exact) mass is 558 g/mol. The molecule has 0 atom stereocenters. The molecule has 32 heavy (non-hydrogen) atoms. The first-order valence-corrected chi connectivity index (χ1v) is 11.5. The number of rotatable bonds is 8. The van der Waals surface area contributed by atoms with Crippen molar-refractivity contribution in [2.45, 2.75) is 25.7 Å². The maximum atomic E-state index is 11.3. The van der Waals surface area contributed by atoms with Gasteiger partial charge in [0.15, 0.2) is 5.96 Å². The SMILES string of the molecule is CN=C(NCCCCN1CCC(C(N)=O)CC1)N1CCN(c2ccc(OC)cc2)CC1.I. The van der Waals surface area contributed by atoms with Crippen LogP contribution in [0.5, 0.6) is 5.75 Å². The van der Waals surface area contributed by atoms with Crippen LogP contribution in [-0.2, 0) is 4.79 Å². The number of methoxy groups -OCH3 is 1. The van der Waals surface area contributed by atoms with Crippen molar-refractivity contribution in [3.63, 3.8) is 0 Å². The van der Waals surface area contributed by atoms with E-state index in [1.54, 1.807) is 7.11 Å².